The van der Waals surface area contributed by atoms with Gasteiger partial charge in [-0.3, -0.25) is 4.79 Å². The van der Waals surface area contributed by atoms with E-state index in [1.54, 1.807) is 24.5 Å². The molecule has 0 bridgehead atoms. The van der Waals surface area contributed by atoms with Gasteiger partial charge < -0.3 is 9.72 Å². The van der Waals surface area contributed by atoms with E-state index in [-0.39, 0.29) is 5.56 Å². The van der Waals surface area contributed by atoms with Crippen molar-refractivity contribution >= 4 is 44.3 Å². The minimum Gasteiger partial charge on any atom is -0.497 e. The van der Waals surface area contributed by atoms with Crippen molar-refractivity contribution in [1.82, 2.24) is 9.97 Å². The number of fused-ring (bicyclic) bond motifs is 3. The molecule has 1 aliphatic carbocycles. The van der Waals surface area contributed by atoms with E-state index >= 15 is 0 Å². The molecule has 1 aromatic carbocycles. The summed E-state index contributed by atoms with van der Waals surface area (Å²) in [6, 6.07) is 7.56. The number of ether oxygens (including phenoxy) is 1. The second kappa shape index (κ2) is 6.65. The van der Waals surface area contributed by atoms with Crippen molar-refractivity contribution < 1.29 is 4.74 Å². The molecule has 1 N–H and O–H groups in total. The standard InChI is InChI=1S/C19H17ClN2O2S/c1-24-12-6-4-5-11(9-12)10-14(20)17-21-18(23)16-13-7-2-3-8-15(13)25-19(16)22-17/h4-6,9-10H,2-3,7-8H2,1H3,(H,21,22,23)/b14-10-. The molecule has 128 valence electrons. The average Bonchev–Trinajstić information content (AvgIpc) is 3.00. The summed E-state index contributed by atoms with van der Waals surface area (Å²) >= 11 is 8.05. The highest BCUT2D eigenvalue weighted by atomic mass is 35.5. The van der Waals surface area contributed by atoms with Crippen LogP contribution in [0.15, 0.2) is 29.1 Å². The summed E-state index contributed by atoms with van der Waals surface area (Å²) in [5.41, 5.74) is 1.97. The Kier molecular flexibility index (Phi) is 4.36. The molecule has 2 heterocycles. The third-order valence-electron chi connectivity index (χ3n) is 4.44. The number of nitrogens with one attached hydrogen (secondary N) is 1. The quantitative estimate of drug-likeness (QED) is 0.730. The Morgan fingerprint density at radius 1 is 1.36 bits per heavy atom. The summed E-state index contributed by atoms with van der Waals surface area (Å²) in [4.78, 5) is 22.1. The molecular weight excluding hydrogens is 356 g/mol. The maximum absolute atomic E-state index is 12.6. The first-order valence-electron chi connectivity index (χ1n) is 8.22. The molecule has 0 unspecified atom stereocenters. The Bertz CT molecular complexity index is 1040. The number of rotatable bonds is 3. The Hall–Kier alpha value is -2.11. The molecule has 2 aromatic heterocycles. The van der Waals surface area contributed by atoms with Crippen LogP contribution >= 0.6 is 22.9 Å². The fourth-order valence-corrected chi connectivity index (χ4v) is 4.70. The van der Waals surface area contributed by atoms with E-state index in [0.717, 1.165) is 40.8 Å². The summed E-state index contributed by atoms with van der Waals surface area (Å²) in [6.45, 7) is 0. The molecule has 1 aliphatic rings. The summed E-state index contributed by atoms with van der Waals surface area (Å²) in [5.74, 6) is 1.15. The average molecular weight is 373 g/mol. The summed E-state index contributed by atoms with van der Waals surface area (Å²) < 4.78 is 5.22. The van der Waals surface area contributed by atoms with Crippen molar-refractivity contribution in [3.8, 4) is 5.75 Å². The van der Waals surface area contributed by atoms with Crippen LogP contribution in [-0.4, -0.2) is 17.1 Å². The van der Waals surface area contributed by atoms with Gasteiger partial charge in [0.1, 0.15) is 10.6 Å². The molecule has 4 rings (SSSR count). The number of H-pyrrole nitrogens is 1. The molecule has 0 fully saturated rings. The molecule has 0 spiro atoms. The number of hydrogen-bond acceptors (Lipinski definition) is 4. The Morgan fingerprint density at radius 3 is 3.04 bits per heavy atom. The zero-order valence-corrected chi connectivity index (χ0v) is 15.3. The summed E-state index contributed by atoms with van der Waals surface area (Å²) in [6.07, 6.45) is 6.10. The van der Waals surface area contributed by atoms with Gasteiger partial charge in [0.2, 0.25) is 0 Å². The molecule has 0 saturated carbocycles. The van der Waals surface area contributed by atoms with Gasteiger partial charge in [-0.15, -0.1) is 11.3 Å². The summed E-state index contributed by atoms with van der Waals surface area (Å²) in [5, 5.41) is 1.15. The van der Waals surface area contributed by atoms with E-state index in [0.29, 0.717) is 10.9 Å². The van der Waals surface area contributed by atoms with E-state index in [1.165, 1.54) is 16.9 Å². The van der Waals surface area contributed by atoms with E-state index in [1.807, 2.05) is 24.3 Å². The highest BCUT2D eigenvalue weighted by Crippen LogP contribution is 2.34. The number of benzene rings is 1. The maximum atomic E-state index is 12.6. The number of aromatic amines is 1. The van der Waals surface area contributed by atoms with Gasteiger partial charge in [-0.05, 0) is 55.0 Å². The molecule has 4 nitrogen and oxygen atoms in total. The van der Waals surface area contributed by atoms with Gasteiger partial charge in [0, 0.05) is 4.88 Å². The van der Waals surface area contributed by atoms with Gasteiger partial charge in [0.15, 0.2) is 5.82 Å². The third kappa shape index (κ3) is 3.10. The predicted octanol–water partition coefficient (Wildman–Crippen LogP) is 4.61. The highest BCUT2D eigenvalue weighted by Gasteiger charge is 2.20. The number of aromatic nitrogens is 2. The largest absolute Gasteiger partial charge is 0.497 e. The normalized spacial score (nSPS) is 14.6. The Labute approximate surface area is 154 Å². The van der Waals surface area contributed by atoms with Gasteiger partial charge in [-0.2, -0.15) is 0 Å². The first-order chi connectivity index (χ1) is 12.2. The van der Waals surface area contributed by atoms with Crippen LogP contribution < -0.4 is 10.3 Å². The van der Waals surface area contributed by atoms with Crippen LogP contribution in [0.5, 0.6) is 5.75 Å². The smallest absolute Gasteiger partial charge is 0.260 e. The van der Waals surface area contributed by atoms with Crippen molar-refractivity contribution in [2.24, 2.45) is 0 Å². The second-order valence-electron chi connectivity index (χ2n) is 6.07. The van der Waals surface area contributed by atoms with Crippen molar-refractivity contribution in [2.45, 2.75) is 25.7 Å². The van der Waals surface area contributed by atoms with Crippen molar-refractivity contribution in [1.29, 1.82) is 0 Å². The lowest BCUT2D eigenvalue weighted by Crippen LogP contribution is -2.12. The van der Waals surface area contributed by atoms with E-state index in [4.69, 9.17) is 16.3 Å². The van der Waals surface area contributed by atoms with Gasteiger partial charge in [-0.1, -0.05) is 23.7 Å². The van der Waals surface area contributed by atoms with Crippen molar-refractivity contribution in [3.05, 3.63) is 56.4 Å². The lowest BCUT2D eigenvalue weighted by atomic mass is 9.97. The SMILES string of the molecule is COc1cccc(/C=C(\Cl)c2nc3sc4c(c3c(=O)[nH]2)CCCC4)c1. The lowest BCUT2D eigenvalue weighted by molar-refractivity contribution is 0.414. The van der Waals surface area contributed by atoms with Crippen LogP contribution in [0.4, 0.5) is 0 Å². The molecule has 0 aliphatic heterocycles. The van der Waals surface area contributed by atoms with Crippen LogP contribution in [0.1, 0.15) is 34.7 Å². The molecule has 0 amide bonds. The minimum absolute atomic E-state index is 0.100. The van der Waals surface area contributed by atoms with Gasteiger partial charge >= 0.3 is 0 Å². The van der Waals surface area contributed by atoms with E-state index < -0.39 is 0 Å². The fourth-order valence-electron chi connectivity index (χ4n) is 3.22. The van der Waals surface area contributed by atoms with E-state index in [9.17, 15) is 4.79 Å². The zero-order chi connectivity index (χ0) is 17.4. The Balaban J connectivity index is 1.78. The lowest BCUT2D eigenvalue weighted by Gasteiger charge is -2.09. The van der Waals surface area contributed by atoms with Crippen LogP contribution in [-0.2, 0) is 12.8 Å². The number of halogens is 1. The molecule has 0 atom stereocenters. The number of nitrogens with zero attached hydrogens (tertiary/aromatic N) is 1. The molecule has 6 heteroatoms. The van der Waals surface area contributed by atoms with E-state index in [2.05, 4.69) is 9.97 Å². The van der Waals surface area contributed by atoms with Crippen molar-refractivity contribution in [2.75, 3.05) is 7.11 Å². The minimum atomic E-state index is -0.100. The summed E-state index contributed by atoms with van der Waals surface area (Å²) in [7, 11) is 1.62. The van der Waals surface area contributed by atoms with Crippen molar-refractivity contribution in [3.63, 3.8) is 0 Å². The number of methoxy groups -OCH3 is 1. The van der Waals surface area contributed by atoms with Crippen LogP contribution in [0.3, 0.4) is 0 Å². The predicted molar refractivity (Wildman–Crippen MR) is 104 cm³/mol. The number of aryl methyl sites for hydroxylation is 2. The molecule has 0 saturated heterocycles. The number of hydrogen-bond donors (Lipinski definition) is 1. The Morgan fingerprint density at radius 2 is 2.20 bits per heavy atom. The molecule has 3 aromatic rings. The zero-order valence-electron chi connectivity index (χ0n) is 13.8. The highest BCUT2D eigenvalue weighted by molar-refractivity contribution is 7.18. The van der Waals surface area contributed by atoms with Gasteiger partial charge in [-0.25, -0.2) is 4.98 Å². The molecule has 25 heavy (non-hydrogen) atoms. The topological polar surface area (TPSA) is 55.0 Å². The monoisotopic (exact) mass is 372 g/mol. The second-order valence-corrected chi connectivity index (χ2v) is 7.57. The first-order valence-corrected chi connectivity index (χ1v) is 9.41. The van der Waals surface area contributed by atoms with Gasteiger partial charge in [0.25, 0.3) is 5.56 Å². The maximum Gasteiger partial charge on any atom is 0.260 e. The first kappa shape index (κ1) is 16.4. The fraction of sp³-hybridized carbons (Fsp3) is 0.263. The molecular formula is C19H17ClN2O2S. The van der Waals surface area contributed by atoms with Crippen LogP contribution in [0, 0.1) is 0 Å². The van der Waals surface area contributed by atoms with Crippen LogP contribution in [0.2, 0.25) is 0 Å². The third-order valence-corrected chi connectivity index (χ3v) is 5.91. The van der Waals surface area contributed by atoms with Crippen LogP contribution in [0.25, 0.3) is 21.3 Å². The number of thiophene rings is 1. The molecule has 0 radical (unpaired) electrons. The van der Waals surface area contributed by atoms with Gasteiger partial charge in [0.05, 0.1) is 17.5 Å².